The SMILES string of the molecule is C#CC(CCC(=O)O)NCCC1CCC(NC2NCC(C3CCC(OC)CC3)CN2)CC1. The van der Waals surface area contributed by atoms with Crippen LogP contribution < -0.4 is 21.3 Å². The van der Waals surface area contributed by atoms with Crippen LogP contribution >= 0.6 is 0 Å². The molecule has 7 nitrogen and oxygen atoms in total. The summed E-state index contributed by atoms with van der Waals surface area (Å²) >= 11 is 0. The predicted octanol–water partition coefficient (Wildman–Crippen LogP) is 2.28. The first-order chi connectivity index (χ1) is 15.6. The number of carboxylic acids is 1. The van der Waals surface area contributed by atoms with Crippen molar-refractivity contribution in [1.29, 1.82) is 0 Å². The Labute approximate surface area is 194 Å². The Bertz CT molecular complexity index is 586. The summed E-state index contributed by atoms with van der Waals surface area (Å²) in [6, 6.07) is 0.443. The fourth-order valence-electron chi connectivity index (χ4n) is 5.76. The van der Waals surface area contributed by atoms with Crippen molar-refractivity contribution in [2.45, 2.75) is 95.1 Å². The summed E-state index contributed by atoms with van der Waals surface area (Å²) in [6.45, 7) is 3.08. The summed E-state index contributed by atoms with van der Waals surface area (Å²) in [5.41, 5.74) is 0. The molecular formula is C25H44N4O3. The lowest BCUT2D eigenvalue weighted by Gasteiger charge is -2.40. The molecule has 32 heavy (non-hydrogen) atoms. The van der Waals surface area contributed by atoms with E-state index in [0.29, 0.717) is 18.6 Å². The number of ether oxygens (including phenoxy) is 1. The van der Waals surface area contributed by atoms with Crippen LogP contribution in [0.5, 0.6) is 0 Å². The normalized spacial score (nSPS) is 34.5. The average molecular weight is 449 g/mol. The Kier molecular flexibility index (Phi) is 10.8. The van der Waals surface area contributed by atoms with Gasteiger partial charge in [-0.1, -0.05) is 5.92 Å². The minimum Gasteiger partial charge on any atom is -0.481 e. The first kappa shape index (κ1) is 25.5. The Morgan fingerprint density at radius 3 is 2.38 bits per heavy atom. The fourth-order valence-corrected chi connectivity index (χ4v) is 5.76. The second kappa shape index (κ2) is 13.5. The molecule has 3 rings (SSSR count). The molecule has 2 saturated carbocycles. The van der Waals surface area contributed by atoms with E-state index in [1.54, 1.807) is 0 Å². The molecule has 0 aromatic rings. The van der Waals surface area contributed by atoms with Gasteiger partial charge in [0.25, 0.3) is 0 Å². The second-order valence-corrected chi connectivity index (χ2v) is 10.1. The molecule has 0 aromatic heterocycles. The van der Waals surface area contributed by atoms with Crippen molar-refractivity contribution in [3.63, 3.8) is 0 Å². The third-order valence-corrected chi connectivity index (χ3v) is 7.93. The summed E-state index contributed by atoms with van der Waals surface area (Å²) in [7, 11) is 1.84. The maximum Gasteiger partial charge on any atom is 0.303 e. The smallest absolute Gasteiger partial charge is 0.303 e. The van der Waals surface area contributed by atoms with Gasteiger partial charge in [-0.2, -0.15) is 0 Å². The van der Waals surface area contributed by atoms with Gasteiger partial charge in [-0.25, -0.2) is 0 Å². The van der Waals surface area contributed by atoms with Gasteiger partial charge >= 0.3 is 5.97 Å². The number of methoxy groups -OCH3 is 1. The van der Waals surface area contributed by atoms with Crippen LogP contribution in [0, 0.1) is 30.1 Å². The molecule has 5 N–H and O–H groups in total. The quantitative estimate of drug-likeness (QED) is 0.310. The molecule has 0 radical (unpaired) electrons. The standard InChI is InChI=1S/C25H44N4O3/c1-3-21(10-13-24(30)31)26-15-14-18-4-8-22(9-5-18)29-25-27-16-20(17-28-25)19-6-11-23(32-2)12-7-19/h1,18-23,25-29H,4-17H2,2H3,(H,30,31). The molecule has 1 saturated heterocycles. The summed E-state index contributed by atoms with van der Waals surface area (Å²) in [5.74, 6) is 4.17. The van der Waals surface area contributed by atoms with E-state index < -0.39 is 5.97 Å². The van der Waals surface area contributed by atoms with Gasteiger partial charge in [0.05, 0.1) is 12.1 Å². The van der Waals surface area contributed by atoms with Crippen molar-refractivity contribution >= 4 is 5.97 Å². The van der Waals surface area contributed by atoms with E-state index in [4.69, 9.17) is 16.3 Å². The zero-order valence-corrected chi connectivity index (χ0v) is 19.8. The number of hydrogen-bond donors (Lipinski definition) is 5. The third kappa shape index (κ3) is 8.31. The van der Waals surface area contributed by atoms with Crippen LogP contribution in [0.3, 0.4) is 0 Å². The third-order valence-electron chi connectivity index (χ3n) is 7.93. The number of hydrogen-bond acceptors (Lipinski definition) is 6. The van der Waals surface area contributed by atoms with E-state index in [-0.39, 0.29) is 18.8 Å². The Morgan fingerprint density at radius 1 is 1.09 bits per heavy atom. The number of terminal acetylenes is 1. The summed E-state index contributed by atoms with van der Waals surface area (Å²) in [4.78, 5) is 10.7. The van der Waals surface area contributed by atoms with E-state index in [1.807, 2.05) is 7.11 Å². The maximum absolute atomic E-state index is 10.7. The van der Waals surface area contributed by atoms with Gasteiger partial charge in [0.1, 0.15) is 6.29 Å². The summed E-state index contributed by atoms with van der Waals surface area (Å²) < 4.78 is 5.52. The molecule has 0 amide bonds. The highest BCUT2D eigenvalue weighted by atomic mass is 16.5. The van der Waals surface area contributed by atoms with E-state index in [0.717, 1.165) is 43.8 Å². The van der Waals surface area contributed by atoms with Gasteiger partial charge in [0, 0.05) is 32.7 Å². The lowest BCUT2D eigenvalue weighted by atomic mass is 9.78. The highest BCUT2D eigenvalue weighted by molar-refractivity contribution is 5.66. The van der Waals surface area contributed by atoms with Crippen LogP contribution in [0.25, 0.3) is 0 Å². The average Bonchev–Trinajstić information content (AvgIpc) is 2.83. The monoisotopic (exact) mass is 448 g/mol. The molecule has 1 heterocycles. The highest BCUT2D eigenvalue weighted by Gasteiger charge is 2.31. The van der Waals surface area contributed by atoms with E-state index >= 15 is 0 Å². The molecule has 3 fully saturated rings. The van der Waals surface area contributed by atoms with Gasteiger partial charge in [-0.05, 0) is 88.5 Å². The molecule has 1 unspecified atom stereocenters. The summed E-state index contributed by atoms with van der Waals surface area (Å²) in [6.07, 6.45) is 17.9. The Hall–Kier alpha value is -1.17. The van der Waals surface area contributed by atoms with Crippen molar-refractivity contribution in [3.8, 4) is 12.3 Å². The zero-order chi connectivity index (χ0) is 22.8. The number of aliphatic carboxylic acids is 1. The highest BCUT2D eigenvalue weighted by Crippen LogP contribution is 2.32. The number of nitrogens with one attached hydrogen (secondary N) is 4. The summed E-state index contributed by atoms with van der Waals surface area (Å²) in [5, 5.41) is 23.3. The molecule has 1 aliphatic heterocycles. The molecule has 7 heteroatoms. The second-order valence-electron chi connectivity index (χ2n) is 10.1. The molecule has 0 spiro atoms. The zero-order valence-electron chi connectivity index (χ0n) is 19.8. The van der Waals surface area contributed by atoms with Crippen LogP contribution in [0.4, 0.5) is 0 Å². The van der Waals surface area contributed by atoms with Crippen molar-refractivity contribution in [3.05, 3.63) is 0 Å². The van der Waals surface area contributed by atoms with Crippen LogP contribution in [0.15, 0.2) is 0 Å². The largest absolute Gasteiger partial charge is 0.481 e. The molecule has 0 bridgehead atoms. The van der Waals surface area contributed by atoms with Crippen LogP contribution in [0.1, 0.15) is 70.6 Å². The lowest BCUT2D eigenvalue weighted by molar-refractivity contribution is -0.137. The number of carboxylic acid groups (broad SMARTS) is 1. The Balaban J connectivity index is 1.25. The van der Waals surface area contributed by atoms with Crippen LogP contribution in [-0.4, -0.2) is 62.3 Å². The number of rotatable bonds is 11. The molecule has 182 valence electrons. The van der Waals surface area contributed by atoms with Gasteiger partial charge in [0.2, 0.25) is 0 Å². The molecule has 0 aromatic carbocycles. The molecule has 1 atom stereocenters. The van der Waals surface area contributed by atoms with Gasteiger partial charge in [0.15, 0.2) is 0 Å². The minimum absolute atomic E-state index is 0.123. The van der Waals surface area contributed by atoms with Gasteiger partial charge < -0.3 is 15.2 Å². The fraction of sp³-hybridized carbons (Fsp3) is 0.880. The van der Waals surface area contributed by atoms with Crippen molar-refractivity contribution in [1.82, 2.24) is 21.3 Å². The molecular weight excluding hydrogens is 404 g/mol. The van der Waals surface area contributed by atoms with E-state index in [1.165, 1.54) is 51.4 Å². The Morgan fingerprint density at radius 2 is 1.78 bits per heavy atom. The molecule has 2 aliphatic carbocycles. The molecule has 3 aliphatic rings. The van der Waals surface area contributed by atoms with Crippen LogP contribution in [-0.2, 0) is 9.53 Å². The maximum atomic E-state index is 10.7. The predicted molar refractivity (Wildman–Crippen MR) is 127 cm³/mol. The first-order valence-electron chi connectivity index (χ1n) is 12.7. The van der Waals surface area contributed by atoms with E-state index in [2.05, 4.69) is 27.2 Å². The van der Waals surface area contributed by atoms with Crippen molar-refractivity contribution in [2.24, 2.45) is 17.8 Å². The van der Waals surface area contributed by atoms with Crippen LogP contribution in [0.2, 0.25) is 0 Å². The lowest BCUT2D eigenvalue weighted by Crippen LogP contribution is -2.63. The van der Waals surface area contributed by atoms with Crippen molar-refractivity contribution in [2.75, 3.05) is 26.7 Å². The minimum atomic E-state index is -0.787. The van der Waals surface area contributed by atoms with Crippen molar-refractivity contribution < 1.29 is 14.6 Å². The van der Waals surface area contributed by atoms with Gasteiger partial charge in [-0.3, -0.25) is 20.7 Å². The topological polar surface area (TPSA) is 94.7 Å². The van der Waals surface area contributed by atoms with E-state index in [9.17, 15) is 4.79 Å². The number of carbonyl (C=O) groups is 1. The van der Waals surface area contributed by atoms with Gasteiger partial charge in [-0.15, -0.1) is 6.42 Å². The first-order valence-corrected chi connectivity index (χ1v) is 12.7.